The molecule has 5 heteroatoms. The molecule has 3 rings (SSSR count). The number of carbonyl (C=O) groups excluding carboxylic acids is 2. The molecular weight excluding hydrogens is 290 g/mol. The van der Waals surface area contributed by atoms with Crippen molar-refractivity contribution in [1.29, 1.82) is 10.5 Å². The lowest BCUT2D eigenvalue weighted by molar-refractivity contribution is 0.0642. The van der Waals surface area contributed by atoms with Gasteiger partial charge in [0.2, 0.25) is 0 Å². The molecule has 0 radical (unpaired) electrons. The molecule has 0 bridgehead atoms. The predicted molar refractivity (Wildman–Crippen MR) is 81.3 cm³/mol. The van der Waals surface area contributed by atoms with Gasteiger partial charge in [0.15, 0.2) is 0 Å². The van der Waals surface area contributed by atoms with Crippen molar-refractivity contribution in [2.45, 2.75) is 13.5 Å². The minimum atomic E-state index is -0.340. The molecule has 1 aliphatic rings. The number of imide groups is 1. The standard InChI is InChI=1S/C18H11N3O2/c1-11-6-12(8-19)13(9-20)7-14(11)10-21-17(22)15-4-2-3-5-16(15)18(21)23/h2-7H,10H2,1H3. The van der Waals surface area contributed by atoms with E-state index in [-0.39, 0.29) is 29.5 Å². The number of hydrogen-bond acceptors (Lipinski definition) is 4. The van der Waals surface area contributed by atoms with E-state index in [0.717, 1.165) is 5.56 Å². The average Bonchev–Trinajstić information content (AvgIpc) is 2.81. The Hall–Kier alpha value is -3.44. The zero-order chi connectivity index (χ0) is 16.6. The summed E-state index contributed by atoms with van der Waals surface area (Å²) in [5.41, 5.74) is 2.75. The van der Waals surface area contributed by atoms with Crippen LogP contribution in [-0.2, 0) is 6.54 Å². The fourth-order valence-corrected chi connectivity index (χ4v) is 2.66. The molecule has 0 aromatic heterocycles. The van der Waals surface area contributed by atoms with Gasteiger partial charge in [-0.2, -0.15) is 10.5 Å². The van der Waals surface area contributed by atoms with Crippen LogP contribution in [-0.4, -0.2) is 16.7 Å². The summed E-state index contributed by atoms with van der Waals surface area (Å²) < 4.78 is 0. The second-order valence-corrected chi connectivity index (χ2v) is 5.29. The SMILES string of the molecule is Cc1cc(C#N)c(C#N)cc1CN1C(=O)c2ccccc2C1=O. The van der Waals surface area contributed by atoms with Crippen LogP contribution in [0.25, 0.3) is 0 Å². The van der Waals surface area contributed by atoms with Gasteiger partial charge in [-0.1, -0.05) is 12.1 Å². The molecule has 2 aromatic rings. The third-order valence-corrected chi connectivity index (χ3v) is 3.92. The lowest BCUT2D eigenvalue weighted by Gasteiger charge is -2.16. The molecule has 0 unspecified atom stereocenters. The molecule has 0 N–H and O–H groups in total. The van der Waals surface area contributed by atoms with E-state index in [9.17, 15) is 9.59 Å². The van der Waals surface area contributed by atoms with Gasteiger partial charge >= 0.3 is 0 Å². The van der Waals surface area contributed by atoms with Crippen LogP contribution in [0.15, 0.2) is 36.4 Å². The third kappa shape index (κ3) is 2.25. The van der Waals surface area contributed by atoms with Gasteiger partial charge in [0.25, 0.3) is 11.8 Å². The average molecular weight is 301 g/mol. The van der Waals surface area contributed by atoms with Crippen LogP contribution >= 0.6 is 0 Å². The zero-order valence-corrected chi connectivity index (χ0v) is 12.3. The molecule has 5 nitrogen and oxygen atoms in total. The number of rotatable bonds is 2. The summed E-state index contributed by atoms with van der Waals surface area (Å²) in [6, 6.07) is 13.8. The van der Waals surface area contributed by atoms with Crippen LogP contribution in [0.5, 0.6) is 0 Å². The minimum Gasteiger partial charge on any atom is -0.270 e. The van der Waals surface area contributed by atoms with E-state index in [0.29, 0.717) is 16.7 Å². The highest BCUT2D eigenvalue weighted by molar-refractivity contribution is 6.21. The molecule has 0 aliphatic carbocycles. The van der Waals surface area contributed by atoms with Gasteiger partial charge < -0.3 is 0 Å². The Labute approximate surface area is 133 Å². The Bertz CT molecular complexity index is 897. The molecule has 2 aromatic carbocycles. The van der Waals surface area contributed by atoms with Crippen LogP contribution in [0.2, 0.25) is 0 Å². The van der Waals surface area contributed by atoms with E-state index in [2.05, 4.69) is 0 Å². The topological polar surface area (TPSA) is 85.0 Å². The highest BCUT2D eigenvalue weighted by Gasteiger charge is 2.35. The highest BCUT2D eigenvalue weighted by atomic mass is 16.2. The summed E-state index contributed by atoms with van der Waals surface area (Å²) in [5, 5.41) is 18.2. The van der Waals surface area contributed by atoms with E-state index in [1.807, 2.05) is 12.1 Å². The van der Waals surface area contributed by atoms with Gasteiger partial charge in [-0.3, -0.25) is 14.5 Å². The van der Waals surface area contributed by atoms with Gasteiger partial charge in [0, 0.05) is 0 Å². The number of carbonyl (C=O) groups is 2. The van der Waals surface area contributed by atoms with Crippen LogP contribution in [0.1, 0.15) is 43.0 Å². The fourth-order valence-electron chi connectivity index (χ4n) is 2.66. The maximum atomic E-state index is 12.4. The number of aryl methyl sites for hydroxylation is 1. The second kappa shape index (κ2) is 5.40. The van der Waals surface area contributed by atoms with Gasteiger partial charge in [-0.15, -0.1) is 0 Å². The molecule has 110 valence electrons. The number of hydrogen-bond donors (Lipinski definition) is 0. The van der Waals surface area contributed by atoms with Crippen molar-refractivity contribution in [2.75, 3.05) is 0 Å². The van der Waals surface area contributed by atoms with Crippen molar-refractivity contribution in [3.63, 3.8) is 0 Å². The van der Waals surface area contributed by atoms with Crippen molar-refractivity contribution in [2.24, 2.45) is 0 Å². The van der Waals surface area contributed by atoms with Gasteiger partial charge in [0.05, 0.1) is 28.8 Å². The molecule has 0 saturated heterocycles. The number of fused-ring (bicyclic) bond motifs is 1. The summed E-state index contributed by atoms with van der Waals surface area (Å²) in [7, 11) is 0. The van der Waals surface area contributed by atoms with Gasteiger partial charge in [0.1, 0.15) is 12.1 Å². The van der Waals surface area contributed by atoms with Crippen molar-refractivity contribution < 1.29 is 9.59 Å². The first-order valence-electron chi connectivity index (χ1n) is 6.95. The van der Waals surface area contributed by atoms with E-state index < -0.39 is 0 Å². The van der Waals surface area contributed by atoms with Crippen LogP contribution < -0.4 is 0 Å². The number of amides is 2. The molecule has 0 spiro atoms. The Kier molecular flexibility index (Phi) is 3.40. The number of nitrogens with zero attached hydrogens (tertiary/aromatic N) is 3. The molecule has 0 fully saturated rings. The van der Waals surface area contributed by atoms with Crippen LogP contribution in [0.3, 0.4) is 0 Å². The zero-order valence-electron chi connectivity index (χ0n) is 12.3. The van der Waals surface area contributed by atoms with Crippen LogP contribution in [0.4, 0.5) is 0 Å². The summed E-state index contributed by atoms with van der Waals surface area (Å²) in [5.74, 6) is -0.680. The number of nitriles is 2. The van der Waals surface area contributed by atoms with E-state index in [1.54, 1.807) is 43.3 Å². The quantitative estimate of drug-likeness (QED) is 0.798. The first-order chi connectivity index (χ1) is 11.1. The lowest BCUT2D eigenvalue weighted by atomic mass is 10.00. The van der Waals surface area contributed by atoms with E-state index >= 15 is 0 Å². The predicted octanol–water partition coefficient (Wildman–Crippen LogP) is 2.53. The Morgan fingerprint density at radius 2 is 1.48 bits per heavy atom. The van der Waals surface area contributed by atoms with E-state index in [1.165, 1.54) is 4.90 Å². The maximum absolute atomic E-state index is 12.4. The van der Waals surface area contributed by atoms with Crippen molar-refractivity contribution in [3.8, 4) is 12.1 Å². The number of benzene rings is 2. The van der Waals surface area contributed by atoms with Gasteiger partial charge in [-0.25, -0.2) is 0 Å². The monoisotopic (exact) mass is 301 g/mol. The van der Waals surface area contributed by atoms with Crippen molar-refractivity contribution in [1.82, 2.24) is 4.90 Å². The largest absolute Gasteiger partial charge is 0.270 e. The molecule has 1 heterocycles. The highest BCUT2D eigenvalue weighted by Crippen LogP contribution is 2.26. The molecule has 1 aliphatic heterocycles. The molecule has 0 atom stereocenters. The molecule has 0 saturated carbocycles. The first kappa shape index (κ1) is 14.5. The summed E-state index contributed by atoms with van der Waals surface area (Å²) >= 11 is 0. The summed E-state index contributed by atoms with van der Waals surface area (Å²) in [4.78, 5) is 25.9. The Balaban J connectivity index is 1.99. The lowest BCUT2D eigenvalue weighted by Crippen LogP contribution is -2.29. The smallest absolute Gasteiger partial charge is 0.261 e. The Morgan fingerprint density at radius 1 is 0.957 bits per heavy atom. The Morgan fingerprint density at radius 3 is 2.00 bits per heavy atom. The van der Waals surface area contributed by atoms with E-state index in [4.69, 9.17) is 10.5 Å². The second-order valence-electron chi connectivity index (χ2n) is 5.29. The van der Waals surface area contributed by atoms with Gasteiger partial charge in [-0.05, 0) is 42.3 Å². The van der Waals surface area contributed by atoms with Crippen molar-refractivity contribution in [3.05, 3.63) is 69.8 Å². The summed E-state index contributed by atoms with van der Waals surface area (Å²) in [6.45, 7) is 1.87. The van der Waals surface area contributed by atoms with Crippen molar-refractivity contribution >= 4 is 11.8 Å². The minimum absolute atomic E-state index is 0.0819. The molecule has 23 heavy (non-hydrogen) atoms. The normalized spacial score (nSPS) is 12.7. The first-order valence-corrected chi connectivity index (χ1v) is 6.95. The fraction of sp³-hybridized carbons (Fsp3) is 0.111. The third-order valence-electron chi connectivity index (χ3n) is 3.92. The molecular formula is C18H11N3O2. The summed E-state index contributed by atoms with van der Waals surface area (Å²) in [6.07, 6.45) is 0. The maximum Gasteiger partial charge on any atom is 0.261 e. The van der Waals surface area contributed by atoms with Crippen LogP contribution in [0, 0.1) is 29.6 Å². The molecule has 2 amide bonds.